The van der Waals surface area contributed by atoms with Gasteiger partial charge < -0.3 is 14.6 Å². The highest BCUT2D eigenvalue weighted by molar-refractivity contribution is 9.10. The van der Waals surface area contributed by atoms with E-state index in [0.29, 0.717) is 42.0 Å². The fraction of sp³-hybridized carbons (Fsp3) is 0.357. The number of halogens is 2. The second kappa shape index (κ2) is 5.89. The zero-order chi connectivity index (χ0) is 15.9. The van der Waals surface area contributed by atoms with Crippen LogP contribution in [-0.2, 0) is 0 Å². The smallest absolute Gasteiger partial charge is 0.407 e. The maximum Gasteiger partial charge on any atom is 0.407 e. The predicted molar refractivity (Wildman–Crippen MR) is 86.6 cm³/mol. The number of nitrogens with zero attached hydrogens (tertiary/aromatic N) is 3. The van der Waals surface area contributed by atoms with E-state index in [1.807, 2.05) is 0 Å². The molecule has 3 rings (SSSR count). The number of likely N-dealkylation sites (tertiary alicyclic amines) is 1. The largest absolute Gasteiger partial charge is 0.465 e. The molecule has 1 fully saturated rings. The average Bonchev–Trinajstić information content (AvgIpc) is 2.49. The molecule has 8 heteroatoms. The summed E-state index contributed by atoms with van der Waals surface area (Å²) in [4.78, 5) is 28.8. The Hall–Kier alpha value is -1.60. The monoisotopic (exact) mass is 385 g/mol. The van der Waals surface area contributed by atoms with Crippen molar-refractivity contribution < 1.29 is 9.90 Å². The van der Waals surface area contributed by atoms with Crippen LogP contribution in [0.3, 0.4) is 0 Å². The van der Waals surface area contributed by atoms with Crippen molar-refractivity contribution in [1.29, 1.82) is 0 Å². The van der Waals surface area contributed by atoms with Crippen molar-refractivity contribution in [1.82, 2.24) is 14.5 Å². The first-order valence-electron chi connectivity index (χ1n) is 6.81. The summed E-state index contributed by atoms with van der Waals surface area (Å²) in [6.07, 6.45) is 1.57. The third-order valence-electron chi connectivity index (χ3n) is 3.93. The van der Waals surface area contributed by atoms with Crippen LogP contribution >= 0.6 is 27.5 Å². The topological polar surface area (TPSA) is 75.4 Å². The first kappa shape index (κ1) is 15.3. The number of piperidine rings is 1. The molecule has 1 saturated heterocycles. The molecule has 2 heterocycles. The van der Waals surface area contributed by atoms with Gasteiger partial charge in [-0.1, -0.05) is 11.6 Å². The van der Waals surface area contributed by atoms with E-state index in [-0.39, 0.29) is 11.6 Å². The number of benzene rings is 1. The van der Waals surface area contributed by atoms with Gasteiger partial charge in [-0.3, -0.25) is 4.79 Å². The molecule has 2 aromatic rings. The molecule has 1 aromatic carbocycles. The second-order valence-corrected chi connectivity index (χ2v) is 6.48. The summed E-state index contributed by atoms with van der Waals surface area (Å²) in [7, 11) is 0. The molecule has 1 N–H and O–H groups in total. The molecule has 1 aromatic heterocycles. The van der Waals surface area contributed by atoms with Crippen LogP contribution in [0, 0.1) is 0 Å². The minimum absolute atomic E-state index is 0.0501. The van der Waals surface area contributed by atoms with Crippen LogP contribution in [0.15, 0.2) is 27.6 Å². The molecule has 0 radical (unpaired) electrons. The molecule has 22 heavy (non-hydrogen) atoms. The van der Waals surface area contributed by atoms with Crippen molar-refractivity contribution in [2.75, 3.05) is 13.1 Å². The number of aromatic nitrogens is 2. The standard InChI is InChI=1S/C14H13BrClN3O3/c15-9-5-11-12(6-10(9)16)19(13(20)7-17-11)8-1-3-18(4-2-8)14(21)22/h5-8H,1-4H2,(H,21,22). The average molecular weight is 387 g/mol. The first-order chi connectivity index (χ1) is 10.5. The van der Waals surface area contributed by atoms with E-state index in [9.17, 15) is 9.59 Å². The Kier molecular flexibility index (Phi) is 4.10. The number of carbonyl (C=O) groups is 1. The number of fused-ring (bicyclic) bond motifs is 1. The zero-order valence-corrected chi connectivity index (χ0v) is 13.8. The van der Waals surface area contributed by atoms with Gasteiger partial charge in [0.1, 0.15) is 0 Å². The Morgan fingerprint density at radius 2 is 2.05 bits per heavy atom. The second-order valence-electron chi connectivity index (χ2n) is 5.22. The molecule has 1 aliphatic rings. The molecule has 0 bridgehead atoms. The van der Waals surface area contributed by atoms with Crippen LogP contribution < -0.4 is 5.56 Å². The summed E-state index contributed by atoms with van der Waals surface area (Å²) < 4.78 is 2.40. The third kappa shape index (κ3) is 2.70. The Morgan fingerprint density at radius 1 is 1.36 bits per heavy atom. The number of hydrogen-bond acceptors (Lipinski definition) is 3. The van der Waals surface area contributed by atoms with Gasteiger partial charge in [-0.25, -0.2) is 9.78 Å². The normalized spacial score (nSPS) is 16.2. The molecule has 1 amide bonds. The van der Waals surface area contributed by atoms with Gasteiger partial charge >= 0.3 is 6.09 Å². The third-order valence-corrected chi connectivity index (χ3v) is 5.13. The van der Waals surface area contributed by atoms with Crippen LogP contribution in [0.2, 0.25) is 5.02 Å². The molecular formula is C14H13BrClN3O3. The molecular weight excluding hydrogens is 374 g/mol. The zero-order valence-electron chi connectivity index (χ0n) is 11.5. The van der Waals surface area contributed by atoms with Gasteiger partial charge in [0.15, 0.2) is 0 Å². The summed E-state index contributed by atoms with van der Waals surface area (Å²) in [5, 5.41) is 9.52. The summed E-state index contributed by atoms with van der Waals surface area (Å²) in [5.74, 6) is 0. The van der Waals surface area contributed by atoms with Gasteiger partial charge in [0.25, 0.3) is 5.56 Å². The highest BCUT2D eigenvalue weighted by atomic mass is 79.9. The maximum atomic E-state index is 12.3. The summed E-state index contributed by atoms with van der Waals surface area (Å²) in [5.41, 5.74) is 1.16. The van der Waals surface area contributed by atoms with Crippen LogP contribution in [0.25, 0.3) is 11.0 Å². The highest BCUT2D eigenvalue weighted by Gasteiger charge is 2.25. The van der Waals surface area contributed by atoms with E-state index in [4.69, 9.17) is 16.7 Å². The van der Waals surface area contributed by atoms with Gasteiger partial charge in [0.05, 0.1) is 22.3 Å². The molecule has 0 spiro atoms. The van der Waals surface area contributed by atoms with Gasteiger partial charge in [-0.05, 0) is 40.9 Å². The Balaban J connectivity index is 2.04. The molecule has 0 atom stereocenters. The number of carboxylic acid groups (broad SMARTS) is 1. The van der Waals surface area contributed by atoms with Gasteiger partial charge in [0, 0.05) is 23.6 Å². The lowest BCUT2D eigenvalue weighted by Crippen LogP contribution is -2.40. The van der Waals surface area contributed by atoms with Crippen molar-refractivity contribution in [3.05, 3.63) is 38.2 Å². The van der Waals surface area contributed by atoms with Gasteiger partial charge in [-0.2, -0.15) is 0 Å². The van der Waals surface area contributed by atoms with Gasteiger partial charge in [0.2, 0.25) is 0 Å². The van der Waals surface area contributed by atoms with Crippen molar-refractivity contribution in [3.63, 3.8) is 0 Å². The van der Waals surface area contributed by atoms with Gasteiger partial charge in [-0.15, -0.1) is 0 Å². The lowest BCUT2D eigenvalue weighted by atomic mass is 10.0. The minimum Gasteiger partial charge on any atom is -0.465 e. The lowest BCUT2D eigenvalue weighted by Gasteiger charge is -2.31. The molecule has 1 aliphatic heterocycles. The van der Waals surface area contributed by atoms with Crippen LogP contribution in [-0.4, -0.2) is 38.7 Å². The number of hydrogen-bond donors (Lipinski definition) is 1. The minimum atomic E-state index is -0.919. The van der Waals surface area contributed by atoms with Crippen LogP contribution in [0.1, 0.15) is 18.9 Å². The van der Waals surface area contributed by atoms with Crippen molar-refractivity contribution >= 4 is 44.7 Å². The van der Waals surface area contributed by atoms with E-state index in [0.717, 1.165) is 4.47 Å². The fourth-order valence-electron chi connectivity index (χ4n) is 2.82. The van der Waals surface area contributed by atoms with E-state index >= 15 is 0 Å². The molecule has 0 unspecified atom stereocenters. The first-order valence-corrected chi connectivity index (χ1v) is 7.98. The molecule has 0 saturated carbocycles. The van der Waals surface area contributed by atoms with Crippen molar-refractivity contribution in [2.45, 2.75) is 18.9 Å². The summed E-state index contributed by atoms with van der Waals surface area (Å²) in [6.45, 7) is 0.834. The van der Waals surface area contributed by atoms with Crippen LogP contribution in [0.5, 0.6) is 0 Å². The Morgan fingerprint density at radius 3 is 2.68 bits per heavy atom. The van der Waals surface area contributed by atoms with E-state index < -0.39 is 6.09 Å². The van der Waals surface area contributed by atoms with E-state index in [2.05, 4.69) is 20.9 Å². The summed E-state index contributed by atoms with van der Waals surface area (Å²) in [6, 6.07) is 3.45. The van der Waals surface area contributed by atoms with E-state index in [1.165, 1.54) is 11.1 Å². The molecule has 116 valence electrons. The fourth-order valence-corrected chi connectivity index (χ4v) is 3.31. The molecule has 6 nitrogen and oxygen atoms in total. The quantitative estimate of drug-likeness (QED) is 0.817. The highest BCUT2D eigenvalue weighted by Crippen LogP contribution is 2.30. The summed E-state index contributed by atoms with van der Waals surface area (Å²) >= 11 is 9.49. The van der Waals surface area contributed by atoms with Crippen LogP contribution in [0.4, 0.5) is 4.79 Å². The Bertz CT molecular complexity index is 800. The van der Waals surface area contributed by atoms with Crippen molar-refractivity contribution in [3.8, 4) is 0 Å². The Labute approximate surface area is 139 Å². The van der Waals surface area contributed by atoms with Crippen molar-refractivity contribution in [2.24, 2.45) is 0 Å². The predicted octanol–water partition coefficient (Wildman–Crippen LogP) is 3.13. The number of amides is 1. The SMILES string of the molecule is O=C(O)N1CCC(n2c(=O)cnc3cc(Br)c(Cl)cc32)CC1. The molecule has 0 aliphatic carbocycles. The van der Waals surface area contributed by atoms with E-state index in [1.54, 1.807) is 16.7 Å². The lowest BCUT2D eigenvalue weighted by molar-refractivity contribution is 0.125. The number of rotatable bonds is 1. The maximum absolute atomic E-state index is 12.3.